The molecule has 9 heteroatoms. The van der Waals surface area contributed by atoms with Crippen molar-refractivity contribution in [2.45, 2.75) is 29.6 Å². The molecule has 4 atom stereocenters. The number of nitrogens with zero attached hydrogens (tertiary/aromatic N) is 1. The van der Waals surface area contributed by atoms with Crippen LogP contribution in [0.5, 0.6) is 0 Å². The van der Waals surface area contributed by atoms with Crippen molar-refractivity contribution in [2.75, 3.05) is 12.9 Å². The number of aliphatic hydroxyl groups excluding tert-OH is 3. The third-order valence-corrected chi connectivity index (χ3v) is 3.59. The summed E-state index contributed by atoms with van der Waals surface area (Å²) in [7, 11) is 0. The fraction of sp³-hybridized carbons (Fsp3) is 0.600. The third-order valence-electron chi connectivity index (χ3n) is 2.93. The Morgan fingerprint density at radius 1 is 1.42 bits per heavy atom. The summed E-state index contributed by atoms with van der Waals surface area (Å²) < 4.78 is 5.83. The quantitative estimate of drug-likeness (QED) is 0.370. The average molecular weight is 290 g/mol. The maximum Gasteiger partial charge on any atom is 0.331 e. The summed E-state index contributed by atoms with van der Waals surface area (Å²) in [5, 5.41) is 28.7. The third kappa shape index (κ3) is 2.47. The molecule has 0 spiro atoms. The Kier molecular flexibility index (Phi) is 4.11. The van der Waals surface area contributed by atoms with E-state index in [1.165, 1.54) is 17.8 Å². The minimum atomic E-state index is -1.46. The second-order valence-electron chi connectivity index (χ2n) is 4.08. The van der Waals surface area contributed by atoms with Crippen LogP contribution in [0.25, 0.3) is 0 Å². The smallest absolute Gasteiger partial charge is 0.331 e. The van der Waals surface area contributed by atoms with Crippen molar-refractivity contribution in [2.24, 2.45) is 0 Å². The van der Waals surface area contributed by atoms with Crippen LogP contribution in [0.2, 0.25) is 0 Å². The molecule has 1 saturated heterocycles. The van der Waals surface area contributed by atoms with Crippen LogP contribution in [0.4, 0.5) is 0 Å². The molecule has 1 aromatic heterocycles. The lowest BCUT2D eigenvalue weighted by atomic mass is 10.1. The zero-order chi connectivity index (χ0) is 14.2. The maximum absolute atomic E-state index is 11.8. The van der Waals surface area contributed by atoms with Crippen LogP contribution in [0, 0.1) is 0 Å². The number of aromatic nitrogens is 2. The maximum atomic E-state index is 11.8. The number of rotatable bonds is 3. The largest absolute Gasteiger partial charge is 0.394 e. The molecule has 2 heterocycles. The summed E-state index contributed by atoms with van der Waals surface area (Å²) in [5.41, 5.74) is -1.39. The molecule has 106 valence electrons. The lowest BCUT2D eigenvalue weighted by Gasteiger charge is -2.16. The fourth-order valence-corrected chi connectivity index (χ4v) is 2.34. The van der Waals surface area contributed by atoms with Crippen molar-refractivity contribution in [3.63, 3.8) is 0 Å². The van der Waals surface area contributed by atoms with Crippen molar-refractivity contribution < 1.29 is 20.1 Å². The highest BCUT2D eigenvalue weighted by atomic mass is 32.2. The second kappa shape index (κ2) is 5.47. The van der Waals surface area contributed by atoms with Crippen LogP contribution < -0.4 is 11.2 Å². The molecule has 1 fully saturated rings. The first-order valence-corrected chi connectivity index (χ1v) is 6.74. The van der Waals surface area contributed by atoms with Crippen molar-refractivity contribution in [1.82, 2.24) is 9.55 Å². The van der Waals surface area contributed by atoms with Crippen LogP contribution in [0.3, 0.4) is 0 Å². The molecular formula is C10H14N2O6S. The van der Waals surface area contributed by atoms with Gasteiger partial charge in [0.2, 0.25) is 0 Å². The highest BCUT2D eigenvalue weighted by Crippen LogP contribution is 2.27. The highest BCUT2D eigenvalue weighted by molar-refractivity contribution is 7.98. The number of aliphatic hydroxyl groups is 3. The lowest BCUT2D eigenvalue weighted by molar-refractivity contribution is -0.0566. The Balaban J connectivity index is 2.44. The van der Waals surface area contributed by atoms with Gasteiger partial charge in [-0.15, -0.1) is 11.8 Å². The standard InChI is InChI=1S/C10H14N2O6S/c1-19-5-2-6(14)12(10(17)11-5)9-8(16)7(15)4(3-13)18-9/h2,4,7-9,13,15-16H,3H2,1H3,(H,11,17)/t4-,7+,8+,9+/m0/s1. The molecule has 0 radical (unpaired) electrons. The second-order valence-corrected chi connectivity index (χ2v) is 4.93. The van der Waals surface area contributed by atoms with E-state index in [4.69, 9.17) is 9.84 Å². The molecule has 2 rings (SSSR count). The first-order valence-electron chi connectivity index (χ1n) is 5.52. The van der Waals surface area contributed by atoms with Crippen molar-refractivity contribution in [3.05, 3.63) is 26.9 Å². The Bertz CT molecular complexity index is 539. The normalized spacial score (nSPS) is 30.7. The Morgan fingerprint density at radius 3 is 2.58 bits per heavy atom. The van der Waals surface area contributed by atoms with Gasteiger partial charge in [-0.05, 0) is 6.26 Å². The van der Waals surface area contributed by atoms with E-state index in [9.17, 15) is 19.8 Å². The molecule has 1 aliphatic heterocycles. The first kappa shape index (κ1) is 14.3. The molecule has 4 N–H and O–H groups in total. The predicted octanol–water partition coefficient (Wildman–Crippen LogP) is -2.13. The van der Waals surface area contributed by atoms with Gasteiger partial charge >= 0.3 is 5.69 Å². The molecule has 19 heavy (non-hydrogen) atoms. The zero-order valence-corrected chi connectivity index (χ0v) is 10.8. The molecule has 1 aromatic rings. The number of hydrogen-bond donors (Lipinski definition) is 4. The SMILES string of the molecule is CSc1cc(=O)n([C@@H]2O[C@@H](CO)[C@@H](O)[C@H]2O)c(=O)[nH]1. The average Bonchev–Trinajstić information content (AvgIpc) is 2.66. The van der Waals surface area contributed by atoms with Gasteiger partial charge in [-0.3, -0.25) is 4.79 Å². The van der Waals surface area contributed by atoms with E-state index in [2.05, 4.69) is 4.98 Å². The number of nitrogens with one attached hydrogen (secondary N) is 1. The summed E-state index contributed by atoms with van der Waals surface area (Å²) in [6.07, 6.45) is -3.48. The number of thioether (sulfide) groups is 1. The number of aromatic amines is 1. The molecule has 1 aliphatic rings. The van der Waals surface area contributed by atoms with E-state index in [0.717, 1.165) is 0 Å². The van der Waals surface area contributed by atoms with E-state index in [1.54, 1.807) is 6.26 Å². The van der Waals surface area contributed by atoms with Gasteiger partial charge < -0.3 is 25.0 Å². The van der Waals surface area contributed by atoms with Gasteiger partial charge in [0.15, 0.2) is 6.23 Å². The van der Waals surface area contributed by atoms with Gasteiger partial charge in [-0.1, -0.05) is 0 Å². The van der Waals surface area contributed by atoms with E-state index in [0.29, 0.717) is 9.59 Å². The van der Waals surface area contributed by atoms with Crippen molar-refractivity contribution in [3.8, 4) is 0 Å². The number of H-pyrrole nitrogens is 1. The molecule has 0 aliphatic carbocycles. The van der Waals surface area contributed by atoms with E-state index < -0.39 is 42.4 Å². The summed E-state index contributed by atoms with van der Waals surface area (Å²) in [5.74, 6) is 0. The molecular weight excluding hydrogens is 276 g/mol. The van der Waals surface area contributed by atoms with Crippen molar-refractivity contribution in [1.29, 1.82) is 0 Å². The molecule has 0 amide bonds. The Labute approximate surface area is 111 Å². The van der Waals surface area contributed by atoms with Gasteiger partial charge in [0.1, 0.15) is 18.3 Å². The monoisotopic (exact) mass is 290 g/mol. The van der Waals surface area contributed by atoms with Gasteiger partial charge in [0.05, 0.1) is 11.6 Å². The van der Waals surface area contributed by atoms with Crippen molar-refractivity contribution >= 4 is 11.8 Å². The van der Waals surface area contributed by atoms with Crippen LogP contribution in [-0.4, -0.2) is 56.0 Å². The van der Waals surface area contributed by atoms with Gasteiger partial charge in [0, 0.05) is 6.07 Å². The number of ether oxygens (including phenoxy) is 1. The van der Waals surface area contributed by atoms with E-state index >= 15 is 0 Å². The van der Waals surface area contributed by atoms with Gasteiger partial charge in [0.25, 0.3) is 5.56 Å². The van der Waals surface area contributed by atoms with E-state index in [-0.39, 0.29) is 0 Å². The zero-order valence-electron chi connectivity index (χ0n) is 10.0. The summed E-state index contributed by atoms with van der Waals surface area (Å²) in [4.78, 5) is 26.1. The van der Waals surface area contributed by atoms with E-state index in [1.807, 2.05) is 0 Å². The molecule has 0 aromatic carbocycles. The molecule has 0 unspecified atom stereocenters. The Morgan fingerprint density at radius 2 is 2.11 bits per heavy atom. The van der Waals surface area contributed by atoms with Gasteiger partial charge in [-0.25, -0.2) is 9.36 Å². The predicted molar refractivity (Wildman–Crippen MR) is 66.1 cm³/mol. The molecule has 0 saturated carbocycles. The fourth-order valence-electron chi connectivity index (χ4n) is 1.93. The minimum absolute atomic E-state index is 0.387. The van der Waals surface area contributed by atoms with Crippen LogP contribution in [-0.2, 0) is 4.74 Å². The summed E-state index contributed by atoms with van der Waals surface area (Å²) in [6, 6.07) is 1.20. The van der Waals surface area contributed by atoms with Gasteiger partial charge in [-0.2, -0.15) is 0 Å². The van der Waals surface area contributed by atoms with Crippen LogP contribution >= 0.6 is 11.8 Å². The summed E-state index contributed by atoms with van der Waals surface area (Å²) >= 11 is 1.19. The number of hydrogen-bond acceptors (Lipinski definition) is 7. The minimum Gasteiger partial charge on any atom is -0.394 e. The summed E-state index contributed by atoms with van der Waals surface area (Å²) in [6.45, 7) is -0.524. The first-order chi connectivity index (χ1) is 8.99. The molecule has 0 bridgehead atoms. The molecule has 8 nitrogen and oxygen atoms in total. The highest BCUT2D eigenvalue weighted by Gasteiger charge is 2.44. The topological polar surface area (TPSA) is 125 Å². The Hall–Kier alpha value is -1.13. The van der Waals surface area contributed by atoms with Crippen LogP contribution in [0.1, 0.15) is 6.23 Å². The lowest BCUT2D eigenvalue weighted by Crippen LogP contribution is -2.42. The van der Waals surface area contributed by atoms with Crippen LogP contribution in [0.15, 0.2) is 20.7 Å².